The predicted molar refractivity (Wildman–Crippen MR) is 61.9 cm³/mol. The SMILES string of the molecule is CCCN(C(=O)NC(COC)C(=O)O)C1CC1. The lowest BCUT2D eigenvalue weighted by molar-refractivity contribution is -0.140. The third kappa shape index (κ3) is 4.22. The van der Waals surface area contributed by atoms with Crippen molar-refractivity contribution < 1.29 is 19.4 Å². The Morgan fingerprint density at radius 1 is 1.53 bits per heavy atom. The molecule has 0 radical (unpaired) electrons. The lowest BCUT2D eigenvalue weighted by atomic mass is 10.3. The first-order chi connectivity index (χ1) is 8.10. The molecule has 1 fully saturated rings. The van der Waals surface area contributed by atoms with Gasteiger partial charge in [-0.3, -0.25) is 0 Å². The molecule has 1 rings (SSSR count). The fourth-order valence-corrected chi connectivity index (χ4v) is 1.65. The van der Waals surface area contributed by atoms with Gasteiger partial charge in [-0.1, -0.05) is 6.92 Å². The summed E-state index contributed by atoms with van der Waals surface area (Å²) in [6.45, 7) is 2.63. The zero-order valence-electron chi connectivity index (χ0n) is 10.3. The lowest BCUT2D eigenvalue weighted by Gasteiger charge is -2.24. The van der Waals surface area contributed by atoms with E-state index in [1.165, 1.54) is 7.11 Å². The Morgan fingerprint density at radius 3 is 2.59 bits per heavy atom. The summed E-state index contributed by atoms with van der Waals surface area (Å²) in [4.78, 5) is 24.5. The van der Waals surface area contributed by atoms with Crippen LogP contribution < -0.4 is 5.32 Å². The zero-order chi connectivity index (χ0) is 12.8. The van der Waals surface area contributed by atoms with Crippen molar-refractivity contribution in [3.05, 3.63) is 0 Å². The Balaban J connectivity index is 2.51. The summed E-state index contributed by atoms with van der Waals surface area (Å²) in [5.74, 6) is -1.08. The predicted octanol–water partition coefficient (Wildman–Crippen LogP) is 0.670. The number of carbonyl (C=O) groups excluding carboxylic acids is 1. The molecule has 0 spiro atoms. The molecule has 6 nitrogen and oxygen atoms in total. The van der Waals surface area contributed by atoms with Gasteiger partial charge in [0.2, 0.25) is 0 Å². The number of nitrogens with one attached hydrogen (secondary N) is 1. The van der Waals surface area contributed by atoms with E-state index in [1.54, 1.807) is 4.90 Å². The van der Waals surface area contributed by atoms with Gasteiger partial charge in [0.05, 0.1) is 6.61 Å². The first kappa shape index (κ1) is 13.8. The molecule has 2 amide bonds. The number of aliphatic carboxylic acids is 1. The van der Waals surface area contributed by atoms with Crippen LogP contribution in [0.5, 0.6) is 0 Å². The van der Waals surface area contributed by atoms with Crippen LogP contribution in [0.25, 0.3) is 0 Å². The number of urea groups is 1. The van der Waals surface area contributed by atoms with Crippen molar-refractivity contribution in [2.24, 2.45) is 0 Å². The fraction of sp³-hybridized carbons (Fsp3) is 0.818. The summed E-state index contributed by atoms with van der Waals surface area (Å²) < 4.78 is 4.77. The summed E-state index contributed by atoms with van der Waals surface area (Å²) in [7, 11) is 1.41. The molecule has 0 aromatic rings. The minimum Gasteiger partial charge on any atom is -0.480 e. The number of amides is 2. The minimum absolute atomic E-state index is 0.0221. The van der Waals surface area contributed by atoms with Crippen LogP contribution in [0.15, 0.2) is 0 Å². The quantitative estimate of drug-likeness (QED) is 0.690. The van der Waals surface area contributed by atoms with E-state index in [1.807, 2.05) is 6.92 Å². The standard InChI is InChI=1S/C11H20N2O4/c1-3-6-13(8-4-5-8)11(16)12-9(7-17-2)10(14)15/h8-9H,3-7H2,1-2H3,(H,12,16)(H,14,15). The minimum atomic E-state index is -1.08. The normalized spacial score (nSPS) is 16.4. The molecule has 0 heterocycles. The second-order valence-corrected chi connectivity index (χ2v) is 4.22. The fourth-order valence-electron chi connectivity index (χ4n) is 1.65. The summed E-state index contributed by atoms with van der Waals surface area (Å²) in [6.07, 6.45) is 2.89. The molecular weight excluding hydrogens is 224 g/mol. The highest BCUT2D eigenvalue weighted by atomic mass is 16.5. The molecule has 17 heavy (non-hydrogen) atoms. The first-order valence-corrected chi connectivity index (χ1v) is 5.89. The maximum Gasteiger partial charge on any atom is 0.328 e. The van der Waals surface area contributed by atoms with Crippen LogP contribution in [-0.2, 0) is 9.53 Å². The molecule has 1 atom stereocenters. The summed E-state index contributed by atoms with van der Waals surface area (Å²) in [6, 6.07) is -1.00. The third-order valence-electron chi connectivity index (χ3n) is 2.64. The van der Waals surface area contributed by atoms with Gasteiger partial charge in [-0.15, -0.1) is 0 Å². The molecule has 2 N–H and O–H groups in total. The monoisotopic (exact) mass is 244 g/mol. The van der Waals surface area contributed by atoms with Gasteiger partial charge in [-0.25, -0.2) is 9.59 Å². The molecule has 1 unspecified atom stereocenters. The number of nitrogens with zero attached hydrogens (tertiary/aromatic N) is 1. The van der Waals surface area contributed by atoms with Crippen LogP contribution >= 0.6 is 0 Å². The van der Waals surface area contributed by atoms with Gasteiger partial charge in [0, 0.05) is 19.7 Å². The highest BCUT2D eigenvalue weighted by Gasteiger charge is 2.33. The number of hydrogen-bond acceptors (Lipinski definition) is 3. The van der Waals surface area contributed by atoms with E-state index in [0.29, 0.717) is 6.54 Å². The second-order valence-electron chi connectivity index (χ2n) is 4.22. The lowest BCUT2D eigenvalue weighted by Crippen LogP contribution is -2.50. The van der Waals surface area contributed by atoms with Crippen LogP contribution in [0.2, 0.25) is 0 Å². The molecule has 1 aliphatic carbocycles. The molecule has 0 aromatic heterocycles. The zero-order valence-corrected chi connectivity index (χ0v) is 10.3. The van der Waals surface area contributed by atoms with Gasteiger partial charge >= 0.3 is 12.0 Å². The Bertz CT molecular complexity index is 279. The van der Waals surface area contributed by atoms with E-state index in [4.69, 9.17) is 9.84 Å². The number of ether oxygens (including phenoxy) is 1. The number of carboxylic acids is 1. The topological polar surface area (TPSA) is 78.9 Å². The maximum atomic E-state index is 11.9. The molecule has 6 heteroatoms. The van der Waals surface area contributed by atoms with E-state index in [-0.39, 0.29) is 18.7 Å². The smallest absolute Gasteiger partial charge is 0.328 e. The van der Waals surface area contributed by atoms with Gasteiger partial charge in [0.1, 0.15) is 0 Å². The van der Waals surface area contributed by atoms with E-state index >= 15 is 0 Å². The average molecular weight is 244 g/mol. The van der Waals surface area contributed by atoms with Crippen molar-refractivity contribution in [3.63, 3.8) is 0 Å². The number of hydrogen-bond donors (Lipinski definition) is 2. The van der Waals surface area contributed by atoms with Crippen molar-refractivity contribution in [1.82, 2.24) is 10.2 Å². The van der Waals surface area contributed by atoms with Gasteiger partial charge in [0.25, 0.3) is 0 Å². The van der Waals surface area contributed by atoms with Gasteiger partial charge in [0.15, 0.2) is 6.04 Å². The van der Waals surface area contributed by atoms with Gasteiger partial charge < -0.3 is 20.1 Å². The van der Waals surface area contributed by atoms with Crippen LogP contribution in [0.4, 0.5) is 4.79 Å². The maximum absolute atomic E-state index is 11.9. The Morgan fingerprint density at radius 2 is 2.18 bits per heavy atom. The third-order valence-corrected chi connectivity index (χ3v) is 2.64. The number of carbonyl (C=O) groups is 2. The molecule has 0 bridgehead atoms. The Hall–Kier alpha value is -1.30. The van der Waals surface area contributed by atoms with Crippen LogP contribution in [0, 0.1) is 0 Å². The highest BCUT2D eigenvalue weighted by Crippen LogP contribution is 2.26. The van der Waals surface area contributed by atoms with Crippen LogP contribution in [-0.4, -0.2) is 54.4 Å². The summed E-state index contributed by atoms with van der Waals surface area (Å²) >= 11 is 0. The van der Waals surface area contributed by atoms with Gasteiger partial charge in [-0.05, 0) is 19.3 Å². The molecule has 98 valence electrons. The van der Waals surface area contributed by atoms with Crippen molar-refractivity contribution in [2.45, 2.75) is 38.3 Å². The summed E-state index contributed by atoms with van der Waals surface area (Å²) in [5.41, 5.74) is 0. The Labute approximate surface area is 101 Å². The van der Waals surface area contributed by atoms with Crippen molar-refractivity contribution >= 4 is 12.0 Å². The molecule has 0 aliphatic heterocycles. The van der Waals surface area contributed by atoms with Crippen molar-refractivity contribution in [1.29, 1.82) is 0 Å². The van der Waals surface area contributed by atoms with Crippen molar-refractivity contribution in [2.75, 3.05) is 20.3 Å². The average Bonchev–Trinajstić information content (AvgIpc) is 3.08. The van der Waals surface area contributed by atoms with E-state index in [2.05, 4.69) is 5.32 Å². The second kappa shape index (κ2) is 6.44. The number of methoxy groups -OCH3 is 1. The van der Waals surface area contributed by atoms with E-state index in [9.17, 15) is 9.59 Å². The number of carboxylic acid groups (broad SMARTS) is 1. The molecule has 0 saturated heterocycles. The summed E-state index contributed by atoms with van der Waals surface area (Å²) in [5, 5.41) is 11.4. The molecule has 1 aliphatic rings. The van der Waals surface area contributed by atoms with Crippen molar-refractivity contribution in [3.8, 4) is 0 Å². The number of rotatable bonds is 7. The molecular formula is C11H20N2O4. The van der Waals surface area contributed by atoms with E-state index in [0.717, 1.165) is 19.3 Å². The molecule has 1 saturated carbocycles. The van der Waals surface area contributed by atoms with E-state index < -0.39 is 12.0 Å². The Kier molecular flexibility index (Phi) is 5.21. The first-order valence-electron chi connectivity index (χ1n) is 5.89. The van der Waals surface area contributed by atoms with Gasteiger partial charge in [-0.2, -0.15) is 0 Å². The molecule has 0 aromatic carbocycles. The largest absolute Gasteiger partial charge is 0.480 e. The highest BCUT2D eigenvalue weighted by molar-refractivity contribution is 5.83. The van der Waals surface area contributed by atoms with Crippen LogP contribution in [0.3, 0.4) is 0 Å². The van der Waals surface area contributed by atoms with Crippen LogP contribution in [0.1, 0.15) is 26.2 Å².